The highest BCUT2D eigenvalue weighted by Gasteiger charge is 2.39. The second-order valence-corrected chi connectivity index (χ2v) is 20.7. The Morgan fingerprint density at radius 3 is 1.70 bits per heavy atom. The van der Waals surface area contributed by atoms with Crippen LogP contribution in [-0.2, 0) is 38.4 Å². The Bertz CT molecular complexity index is 2340. The van der Waals surface area contributed by atoms with Gasteiger partial charge in [0.15, 0.2) is 0 Å². The van der Waals surface area contributed by atoms with E-state index in [2.05, 4.69) is 115 Å². The summed E-state index contributed by atoms with van der Waals surface area (Å²) >= 11 is 6.03. The van der Waals surface area contributed by atoms with E-state index in [4.69, 9.17) is 11.6 Å². The lowest BCUT2D eigenvalue weighted by Crippen LogP contribution is -2.52. The molecule has 3 N–H and O–H groups in total. The zero-order valence-electron chi connectivity index (χ0n) is 42.2. The van der Waals surface area contributed by atoms with Gasteiger partial charge < -0.3 is 30.7 Å². The molecule has 0 bridgehead atoms. The largest absolute Gasteiger partial charge is 0.356 e. The van der Waals surface area contributed by atoms with E-state index in [9.17, 15) is 23.6 Å². The molecule has 0 atom stereocenters. The predicted octanol–water partition coefficient (Wildman–Crippen LogP) is 9.51. The van der Waals surface area contributed by atoms with E-state index in [1.165, 1.54) is 40.0 Å². The highest BCUT2D eigenvalue weighted by Crippen LogP contribution is 2.37. The van der Waals surface area contributed by atoms with Crippen molar-refractivity contribution >= 4 is 40.8 Å². The number of hydrogen-bond acceptors (Lipinski definition) is 6. The summed E-state index contributed by atoms with van der Waals surface area (Å²) in [4.78, 5) is 56.4. The molecule has 4 amide bonds. The number of rotatable bonds is 18. The van der Waals surface area contributed by atoms with Crippen molar-refractivity contribution < 1.29 is 23.6 Å². The van der Waals surface area contributed by atoms with Crippen molar-refractivity contribution in [1.82, 2.24) is 30.7 Å². The van der Waals surface area contributed by atoms with Crippen LogP contribution in [0.5, 0.6) is 0 Å². The average molecular weight is 976 g/mol. The van der Waals surface area contributed by atoms with Gasteiger partial charge in [0.1, 0.15) is 5.82 Å². The maximum atomic E-state index is 13.2. The van der Waals surface area contributed by atoms with Crippen LogP contribution in [0.2, 0.25) is 5.02 Å². The fourth-order valence-corrected chi connectivity index (χ4v) is 10.5. The first-order valence-corrected chi connectivity index (χ1v) is 25.7. The summed E-state index contributed by atoms with van der Waals surface area (Å²) in [5.41, 5.74) is 7.49. The highest BCUT2D eigenvalue weighted by atomic mass is 35.5. The molecule has 0 saturated heterocycles. The lowest BCUT2D eigenvalue weighted by molar-refractivity contribution is -0.133. The molecule has 4 aromatic rings. The number of aryl methyl sites for hydroxylation is 1. The number of carbonyl (C=O) groups excluding carboxylic acids is 4. The maximum absolute atomic E-state index is 13.2. The Balaban J connectivity index is 0.000000230. The first kappa shape index (κ1) is 54.0. The van der Waals surface area contributed by atoms with Crippen LogP contribution in [0.4, 0.5) is 4.39 Å². The summed E-state index contributed by atoms with van der Waals surface area (Å²) in [7, 11) is 8.61. The highest BCUT2D eigenvalue weighted by molar-refractivity contribution is 6.30. The number of halogens is 2. The van der Waals surface area contributed by atoms with Crippen LogP contribution in [0.1, 0.15) is 111 Å². The lowest BCUT2D eigenvalue weighted by atomic mass is 9.74. The van der Waals surface area contributed by atoms with Gasteiger partial charge in [-0.15, -0.1) is 0 Å². The molecule has 0 spiro atoms. The zero-order valence-corrected chi connectivity index (χ0v) is 43.0. The Morgan fingerprint density at radius 1 is 0.657 bits per heavy atom. The number of carbonyl (C=O) groups is 4. The predicted molar refractivity (Wildman–Crippen MR) is 281 cm³/mol. The second kappa shape index (κ2) is 26.2. The molecule has 4 aromatic carbocycles. The molecular weight excluding hydrogens is 899 g/mol. The Labute approximate surface area is 421 Å². The van der Waals surface area contributed by atoms with Gasteiger partial charge in [0.2, 0.25) is 23.6 Å². The number of benzene rings is 4. The van der Waals surface area contributed by atoms with E-state index in [0.717, 1.165) is 87.8 Å². The van der Waals surface area contributed by atoms with E-state index in [-0.39, 0.29) is 78.3 Å². The lowest BCUT2D eigenvalue weighted by Gasteiger charge is -2.45. The summed E-state index contributed by atoms with van der Waals surface area (Å²) in [6.45, 7) is 3.89. The molecule has 1 heterocycles. The second-order valence-electron chi connectivity index (χ2n) is 20.3. The van der Waals surface area contributed by atoms with Gasteiger partial charge in [-0.25, -0.2) is 4.39 Å². The van der Waals surface area contributed by atoms with Gasteiger partial charge in [0.05, 0.1) is 0 Å². The van der Waals surface area contributed by atoms with Gasteiger partial charge in [0, 0.05) is 73.5 Å². The molecule has 376 valence electrons. The summed E-state index contributed by atoms with van der Waals surface area (Å²) in [5.74, 6) is -0.454. The van der Waals surface area contributed by atoms with Crippen molar-refractivity contribution in [3.05, 3.63) is 148 Å². The summed E-state index contributed by atoms with van der Waals surface area (Å²) in [6, 6.07) is 33.9. The summed E-state index contributed by atoms with van der Waals surface area (Å²) < 4.78 is 13.2. The van der Waals surface area contributed by atoms with Gasteiger partial charge >= 0.3 is 0 Å². The molecule has 7 rings (SSSR count). The van der Waals surface area contributed by atoms with E-state index < -0.39 is 0 Å². The summed E-state index contributed by atoms with van der Waals surface area (Å²) in [5, 5.41) is 9.88. The minimum atomic E-state index is -0.281. The molecule has 10 nitrogen and oxygen atoms in total. The monoisotopic (exact) mass is 975 g/mol. The summed E-state index contributed by atoms with van der Waals surface area (Å²) in [6.07, 6.45) is 14.3. The first-order valence-electron chi connectivity index (χ1n) is 25.4. The molecule has 0 aromatic heterocycles. The number of hydrogen-bond donors (Lipinski definition) is 3. The molecule has 0 unspecified atom stereocenters. The van der Waals surface area contributed by atoms with Gasteiger partial charge in [-0.3, -0.25) is 19.2 Å². The van der Waals surface area contributed by atoms with Crippen LogP contribution in [0, 0.1) is 12.7 Å². The van der Waals surface area contributed by atoms with Crippen LogP contribution < -0.4 is 16.0 Å². The zero-order chi connectivity index (χ0) is 50.1. The quantitative estimate of drug-likeness (QED) is 0.0916. The van der Waals surface area contributed by atoms with Crippen molar-refractivity contribution in [2.24, 2.45) is 0 Å². The van der Waals surface area contributed by atoms with Crippen molar-refractivity contribution in [2.45, 2.75) is 133 Å². The number of amides is 4. The third-order valence-electron chi connectivity index (χ3n) is 15.0. The topological polar surface area (TPSA) is 114 Å². The van der Waals surface area contributed by atoms with Crippen LogP contribution in [0.3, 0.4) is 0 Å². The van der Waals surface area contributed by atoms with Crippen LogP contribution in [-0.4, -0.2) is 109 Å². The Kier molecular flexibility index (Phi) is 20.2. The SMILES string of the molecule is CN(C)C1(Cc2ccc(Cl)cc2)CCC(NC(=O)CCC(=O)NCCc2cccc(F)c2)CC1.Cc1ccc(CC2(N(C)C)CCC(NC(=O)CCC(=O)N3CC=C(c4ccccc4)CC3)CC2)cc1. The van der Waals surface area contributed by atoms with E-state index in [1.54, 1.807) is 6.07 Å². The molecule has 12 heteroatoms. The van der Waals surface area contributed by atoms with Crippen LogP contribution in [0.15, 0.2) is 109 Å². The van der Waals surface area contributed by atoms with Gasteiger partial charge in [-0.05, 0) is 164 Å². The first-order chi connectivity index (χ1) is 33.6. The number of nitrogens with one attached hydrogen (secondary N) is 3. The van der Waals surface area contributed by atoms with Crippen LogP contribution >= 0.6 is 11.6 Å². The van der Waals surface area contributed by atoms with E-state index >= 15 is 0 Å². The molecule has 2 aliphatic carbocycles. The van der Waals surface area contributed by atoms with Gasteiger partial charge in [-0.2, -0.15) is 0 Å². The van der Waals surface area contributed by atoms with Crippen LogP contribution in [0.25, 0.3) is 5.57 Å². The molecular formula is C58H76ClFN6O4. The molecule has 2 fully saturated rings. The number of likely N-dealkylation sites (N-methyl/N-ethyl adjacent to an activating group) is 2. The molecule has 1 aliphatic heterocycles. The normalized spacial score (nSPS) is 21.3. The fraction of sp³-hybridized carbons (Fsp3) is 0.483. The molecule has 2 saturated carbocycles. The van der Waals surface area contributed by atoms with Crippen molar-refractivity contribution in [3.63, 3.8) is 0 Å². The average Bonchev–Trinajstić information content (AvgIpc) is 3.36. The smallest absolute Gasteiger partial charge is 0.223 e. The standard InChI is InChI=1S/C31H41N3O2.C27H35ClFN3O2/c1-24-9-11-25(12-10-24)23-31(33(2)3)19-15-28(16-20-31)32-29(35)13-14-30(36)34-21-17-27(18-22-34)26-7-5-4-6-8-26;1-32(2)27(19-21-6-8-22(28)9-7-21)15-12-24(13-16-27)31-26(34)11-10-25(33)30-17-14-20-4-3-5-23(29)18-20/h4-12,17,28H,13-16,18-23H2,1-3H3,(H,32,35);3-9,18,24H,10-17,19H2,1-2H3,(H,30,33)(H,31,34). The molecule has 0 radical (unpaired) electrons. The fourth-order valence-electron chi connectivity index (χ4n) is 10.4. The Morgan fingerprint density at radius 2 is 1.19 bits per heavy atom. The molecule has 3 aliphatic rings. The van der Waals surface area contributed by atoms with Crippen molar-refractivity contribution in [3.8, 4) is 0 Å². The van der Waals surface area contributed by atoms with Gasteiger partial charge in [0.25, 0.3) is 0 Å². The minimum Gasteiger partial charge on any atom is -0.356 e. The third-order valence-corrected chi connectivity index (χ3v) is 15.3. The van der Waals surface area contributed by atoms with Gasteiger partial charge in [-0.1, -0.05) is 102 Å². The molecule has 70 heavy (non-hydrogen) atoms. The van der Waals surface area contributed by atoms with Crippen molar-refractivity contribution in [2.75, 3.05) is 47.8 Å². The number of nitrogens with zero attached hydrogens (tertiary/aromatic N) is 3. The van der Waals surface area contributed by atoms with Crippen molar-refractivity contribution in [1.29, 1.82) is 0 Å². The third kappa shape index (κ3) is 16.4. The van der Waals surface area contributed by atoms with E-state index in [1.807, 2.05) is 41.3 Å². The maximum Gasteiger partial charge on any atom is 0.223 e. The Hall–Kier alpha value is -5.36. The van der Waals surface area contributed by atoms with E-state index in [0.29, 0.717) is 19.5 Å². The minimum absolute atomic E-state index is 0.00163.